The third-order valence-electron chi connectivity index (χ3n) is 6.91. The summed E-state index contributed by atoms with van der Waals surface area (Å²) >= 11 is 0. The summed E-state index contributed by atoms with van der Waals surface area (Å²) in [5.41, 5.74) is 4.41. The maximum atomic E-state index is 12.8. The number of ether oxygens (including phenoxy) is 1. The lowest BCUT2D eigenvalue weighted by molar-refractivity contribution is -0.120. The third-order valence-corrected chi connectivity index (χ3v) is 6.91. The number of aromatic nitrogens is 2. The van der Waals surface area contributed by atoms with E-state index in [9.17, 15) is 9.90 Å². The Balaban J connectivity index is 1.18. The number of β-amino-alcohol motifs (C(OH)–C–C–N with tert-alkyl or cyclic N) is 1. The first-order valence-corrected chi connectivity index (χ1v) is 13.8. The number of hydrogen-bond acceptors (Lipinski definition) is 6. The smallest absolute Gasteiger partial charge is 0.147 e. The van der Waals surface area contributed by atoms with Gasteiger partial charge in [0.15, 0.2) is 0 Å². The van der Waals surface area contributed by atoms with E-state index in [0.29, 0.717) is 31.8 Å². The van der Waals surface area contributed by atoms with Crippen LogP contribution in [0.2, 0.25) is 0 Å². The minimum absolute atomic E-state index is 0.254. The van der Waals surface area contributed by atoms with Crippen LogP contribution in [0.1, 0.15) is 37.2 Å². The summed E-state index contributed by atoms with van der Waals surface area (Å²) in [5.74, 6) is 1.56. The Morgan fingerprint density at radius 2 is 1.68 bits per heavy atom. The molecule has 0 spiro atoms. The lowest BCUT2D eigenvalue weighted by Crippen LogP contribution is -2.50. The average molecular weight is 519 g/mol. The van der Waals surface area contributed by atoms with Crippen LogP contribution in [0.5, 0.6) is 5.75 Å². The number of aliphatic hydroxyl groups is 1. The molecule has 1 aliphatic heterocycles. The lowest BCUT2D eigenvalue weighted by Gasteiger charge is -2.35. The van der Waals surface area contributed by atoms with Gasteiger partial charge >= 0.3 is 0 Å². The molecule has 7 nitrogen and oxygen atoms in total. The van der Waals surface area contributed by atoms with Crippen LogP contribution in [-0.4, -0.2) is 82.4 Å². The third kappa shape index (κ3) is 8.51. The zero-order chi connectivity index (χ0) is 26.9. The standard InChI is InChI=1S/C31H42N4O3/c1-24(2)19-28-20-26(32-35(28)27-7-5-4-6-8-27)11-12-29(36)21-33-15-17-34(18-16-33)22-30(37)23-38-31-13-9-25(3)10-14-31/h4-10,13-14,20,24,30,37H,11-12,15-19,21-23H2,1-3H3/t30-/m1/s1. The summed E-state index contributed by atoms with van der Waals surface area (Å²) in [6, 6.07) is 20.2. The summed E-state index contributed by atoms with van der Waals surface area (Å²) in [6.45, 7) is 11.1. The van der Waals surface area contributed by atoms with Crippen molar-refractivity contribution in [3.05, 3.63) is 77.6 Å². The molecule has 7 heteroatoms. The van der Waals surface area contributed by atoms with Gasteiger partial charge in [-0.15, -0.1) is 0 Å². The Hall–Kier alpha value is -3.00. The van der Waals surface area contributed by atoms with E-state index in [1.807, 2.05) is 54.1 Å². The van der Waals surface area contributed by atoms with Gasteiger partial charge in [0.05, 0.1) is 17.9 Å². The van der Waals surface area contributed by atoms with E-state index in [4.69, 9.17) is 9.84 Å². The first kappa shape index (κ1) is 28.0. The second kappa shape index (κ2) is 13.7. The fraction of sp³-hybridized carbons (Fsp3) is 0.484. The summed E-state index contributed by atoms with van der Waals surface area (Å²) in [6.07, 6.45) is 1.58. The largest absolute Gasteiger partial charge is 0.491 e. The van der Waals surface area contributed by atoms with Crippen molar-refractivity contribution in [2.24, 2.45) is 5.92 Å². The fourth-order valence-corrected chi connectivity index (χ4v) is 4.86. The Kier molecular flexibility index (Phi) is 10.1. The van der Waals surface area contributed by atoms with Crippen LogP contribution < -0.4 is 4.74 Å². The topological polar surface area (TPSA) is 70.8 Å². The SMILES string of the molecule is Cc1ccc(OC[C@H](O)CN2CCN(CC(=O)CCc3cc(CC(C)C)n(-c4ccccc4)n3)CC2)cc1. The van der Waals surface area contributed by atoms with Crippen molar-refractivity contribution in [1.29, 1.82) is 0 Å². The molecule has 1 N–H and O–H groups in total. The van der Waals surface area contributed by atoms with Gasteiger partial charge in [0.25, 0.3) is 0 Å². The Morgan fingerprint density at radius 3 is 2.37 bits per heavy atom. The first-order valence-electron chi connectivity index (χ1n) is 13.8. The first-order chi connectivity index (χ1) is 18.4. The van der Waals surface area contributed by atoms with Crippen LogP contribution in [0.15, 0.2) is 60.7 Å². The number of ketones is 1. The van der Waals surface area contributed by atoms with E-state index in [2.05, 4.69) is 41.8 Å². The number of aryl methyl sites for hydroxylation is 2. The van der Waals surface area contributed by atoms with Crippen LogP contribution in [0, 0.1) is 12.8 Å². The number of benzene rings is 2. The van der Waals surface area contributed by atoms with Gasteiger partial charge in [-0.1, -0.05) is 49.7 Å². The van der Waals surface area contributed by atoms with Crippen molar-refractivity contribution < 1.29 is 14.6 Å². The Morgan fingerprint density at radius 1 is 1.00 bits per heavy atom. The van der Waals surface area contributed by atoms with Gasteiger partial charge in [-0.3, -0.25) is 14.6 Å². The molecule has 2 aromatic carbocycles. The number of hydrogen-bond donors (Lipinski definition) is 1. The highest BCUT2D eigenvalue weighted by molar-refractivity contribution is 5.80. The van der Waals surface area contributed by atoms with Crippen LogP contribution in [0.25, 0.3) is 5.69 Å². The molecule has 1 saturated heterocycles. The minimum atomic E-state index is -0.541. The van der Waals surface area contributed by atoms with Crippen molar-refractivity contribution in [3.63, 3.8) is 0 Å². The molecule has 0 saturated carbocycles. The number of piperazine rings is 1. The van der Waals surface area contributed by atoms with E-state index in [1.54, 1.807) is 0 Å². The molecule has 3 aromatic rings. The van der Waals surface area contributed by atoms with E-state index >= 15 is 0 Å². The summed E-state index contributed by atoms with van der Waals surface area (Å²) < 4.78 is 7.74. The number of Topliss-reactive ketones (excluding diaryl/α,β-unsaturated/α-hetero) is 1. The number of aliphatic hydroxyl groups excluding tert-OH is 1. The predicted molar refractivity (Wildman–Crippen MR) is 151 cm³/mol. The van der Waals surface area contributed by atoms with Gasteiger partial charge in [0, 0.05) is 44.8 Å². The molecular weight excluding hydrogens is 476 g/mol. The average Bonchev–Trinajstić information content (AvgIpc) is 3.31. The molecule has 1 aliphatic rings. The number of para-hydroxylation sites is 1. The molecule has 0 unspecified atom stereocenters. The number of carbonyl (C=O) groups excluding carboxylic acids is 1. The zero-order valence-corrected chi connectivity index (χ0v) is 23.1. The summed E-state index contributed by atoms with van der Waals surface area (Å²) in [5, 5.41) is 15.2. The molecular formula is C31H42N4O3. The van der Waals surface area contributed by atoms with E-state index in [-0.39, 0.29) is 12.4 Å². The highest BCUT2D eigenvalue weighted by Gasteiger charge is 2.21. The molecule has 1 fully saturated rings. The molecule has 0 aliphatic carbocycles. The minimum Gasteiger partial charge on any atom is -0.491 e. The second-order valence-electron chi connectivity index (χ2n) is 10.9. The van der Waals surface area contributed by atoms with Crippen LogP contribution in [-0.2, 0) is 17.6 Å². The van der Waals surface area contributed by atoms with E-state index in [1.165, 1.54) is 11.3 Å². The van der Waals surface area contributed by atoms with Crippen LogP contribution >= 0.6 is 0 Å². The Labute approximate surface area is 227 Å². The van der Waals surface area contributed by atoms with Crippen molar-refractivity contribution in [3.8, 4) is 11.4 Å². The van der Waals surface area contributed by atoms with Crippen molar-refractivity contribution in [2.75, 3.05) is 45.9 Å². The molecule has 1 aromatic heterocycles. The van der Waals surface area contributed by atoms with Crippen molar-refractivity contribution in [1.82, 2.24) is 19.6 Å². The monoisotopic (exact) mass is 518 g/mol. The molecule has 0 bridgehead atoms. The Bertz CT molecular complexity index is 1140. The van der Waals surface area contributed by atoms with E-state index in [0.717, 1.165) is 49.7 Å². The number of carbonyl (C=O) groups is 1. The molecule has 204 valence electrons. The summed E-state index contributed by atoms with van der Waals surface area (Å²) in [7, 11) is 0. The van der Waals surface area contributed by atoms with Crippen LogP contribution in [0.4, 0.5) is 0 Å². The van der Waals surface area contributed by atoms with Gasteiger partial charge < -0.3 is 9.84 Å². The fourth-order valence-electron chi connectivity index (χ4n) is 4.86. The molecule has 0 amide bonds. The van der Waals surface area contributed by atoms with Gasteiger partial charge in [0.1, 0.15) is 24.2 Å². The van der Waals surface area contributed by atoms with Crippen molar-refractivity contribution >= 4 is 5.78 Å². The lowest BCUT2D eigenvalue weighted by atomic mass is 10.1. The van der Waals surface area contributed by atoms with Gasteiger partial charge in [-0.2, -0.15) is 5.10 Å². The quantitative estimate of drug-likeness (QED) is 0.370. The molecule has 38 heavy (non-hydrogen) atoms. The number of rotatable bonds is 13. The predicted octanol–water partition coefficient (Wildman–Crippen LogP) is 3.94. The van der Waals surface area contributed by atoms with E-state index < -0.39 is 6.10 Å². The second-order valence-corrected chi connectivity index (χ2v) is 10.9. The van der Waals surface area contributed by atoms with Gasteiger partial charge in [0.2, 0.25) is 0 Å². The van der Waals surface area contributed by atoms with Crippen molar-refractivity contribution in [2.45, 2.75) is 46.1 Å². The number of nitrogens with zero attached hydrogens (tertiary/aromatic N) is 4. The highest BCUT2D eigenvalue weighted by atomic mass is 16.5. The van der Waals surface area contributed by atoms with Gasteiger partial charge in [-0.25, -0.2) is 4.68 Å². The zero-order valence-electron chi connectivity index (χ0n) is 23.1. The summed E-state index contributed by atoms with van der Waals surface area (Å²) in [4.78, 5) is 17.2. The van der Waals surface area contributed by atoms with Gasteiger partial charge in [-0.05, 0) is 56.0 Å². The molecule has 4 rings (SSSR count). The maximum Gasteiger partial charge on any atom is 0.147 e. The molecule has 2 heterocycles. The maximum absolute atomic E-state index is 12.8. The molecule has 1 atom stereocenters. The highest BCUT2D eigenvalue weighted by Crippen LogP contribution is 2.18. The molecule has 0 radical (unpaired) electrons. The normalized spacial score (nSPS) is 15.6. The van der Waals surface area contributed by atoms with Crippen LogP contribution in [0.3, 0.4) is 0 Å².